The van der Waals surface area contributed by atoms with Crippen LogP contribution < -0.4 is 0 Å². The first kappa shape index (κ1) is 11.4. The van der Waals surface area contributed by atoms with Gasteiger partial charge in [0.25, 0.3) is 0 Å². The van der Waals surface area contributed by atoms with Crippen molar-refractivity contribution in [1.29, 1.82) is 0 Å². The van der Waals surface area contributed by atoms with Crippen molar-refractivity contribution >= 4 is 22.8 Å². The molecule has 90 valence electrons. The third kappa shape index (κ3) is 2.41. The number of hydrogen-bond acceptors (Lipinski definition) is 2. The van der Waals surface area contributed by atoms with E-state index in [2.05, 4.69) is 52.0 Å². The monoisotopic (exact) mass is 254 g/mol. The molecule has 0 aliphatic heterocycles. The first-order valence-corrected chi connectivity index (χ1v) is 7.00. The van der Waals surface area contributed by atoms with Crippen LogP contribution in [0.2, 0.25) is 0 Å². The van der Waals surface area contributed by atoms with E-state index in [1.807, 2.05) is 30.2 Å². The van der Waals surface area contributed by atoms with Crippen LogP contribution in [-0.2, 0) is 6.54 Å². The largest absolute Gasteiger partial charge is 0.330 e. The minimum atomic E-state index is 0.986. The first-order chi connectivity index (χ1) is 8.93. The third-order valence-corrected chi connectivity index (χ3v) is 3.86. The van der Waals surface area contributed by atoms with Gasteiger partial charge in [-0.05, 0) is 24.3 Å². The highest BCUT2D eigenvalue weighted by Crippen LogP contribution is 2.18. The van der Waals surface area contributed by atoms with Crippen molar-refractivity contribution in [1.82, 2.24) is 9.55 Å². The van der Waals surface area contributed by atoms with Crippen molar-refractivity contribution in [2.45, 2.75) is 11.4 Å². The van der Waals surface area contributed by atoms with E-state index in [9.17, 15) is 0 Å². The van der Waals surface area contributed by atoms with E-state index in [0.29, 0.717) is 0 Å². The SMILES string of the molecule is c1ccc(SCCn2cnc3ccccc32)cc1. The van der Waals surface area contributed by atoms with Crippen LogP contribution in [0.25, 0.3) is 11.0 Å². The van der Waals surface area contributed by atoms with Gasteiger partial charge in [0.15, 0.2) is 0 Å². The average Bonchev–Trinajstić information content (AvgIpc) is 2.84. The Morgan fingerprint density at radius 2 is 1.72 bits per heavy atom. The number of imidazole rings is 1. The summed E-state index contributed by atoms with van der Waals surface area (Å²) in [6.45, 7) is 0.986. The van der Waals surface area contributed by atoms with Crippen molar-refractivity contribution in [3.63, 3.8) is 0 Å². The van der Waals surface area contributed by atoms with E-state index in [1.165, 1.54) is 10.4 Å². The van der Waals surface area contributed by atoms with Crippen LogP contribution in [0.1, 0.15) is 0 Å². The quantitative estimate of drug-likeness (QED) is 0.659. The highest BCUT2D eigenvalue weighted by atomic mass is 32.2. The van der Waals surface area contributed by atoms with Gasteiger partial charge in [-0.2, -0.15) is 0 Å². The Bertz CT molecular complexity index is 631. The molecular formula is C15H14N2S. The molecule has 2 nitrogen and oxygen atoms in total. The molecule has 0 aliphatic rings. The van der Waals surface area contributed by atoms with Crippen LogP contribution in [0.3, 0.4) is 0 Å². The predicted octanol–water partition coefficient (Wildman–Crippen LogP) is 3.83. The zero-order chi connectivity index (χ0) is 12.2. The molecule has 1 aromatic heterocycles. The smallest absolute Gasteiger partial charge is 0.0958 e. The van der Waals surface area contributed by atoms with Gasteiger partial charge in [-0.1, -0.05) is 30.3 Å². The molecule has 2 aromatic carbocycles. The molecule has 0 atom stereocenters. The Hall–Kier alpha value is -1.74. The van der Waals surface area contributed by atoms with Gasteiger partial charge in [0.05, 0.1) is 17.4 Å². The lowest BCUT2D eigenvalue weighted by molar-refractivity contribution is 0.796. The standard InChI is InChI=1S/C15H14N2S/c1-2-6-13(7-3-1)18-11-10-17-12-16-14-8-4-5-9-15(14)17/h1-9,12H,10-11H2. The molecular weight excluding hydrogens is 240 g/mol. The molecule has 3 rings (SSSR count). The minimum absolute atomic E-state index is 0.986. The van der Waals surface area contributed by atoms with Gasteiger partial charge in [-0.15, -0.1) is 11.8 Å². The van der Waals surface area contributed by atoms with Gasteiger partial charge in [-0.25, -0.2) is 4.98 Å². The average molecular weight is 254 g/mol. The van der Waals surface area contributed by atoms with Crippen molar-refractivity contribution in [2.75, 3.05) is 5.75 Å². The fraction of sp³-hybridized carbons (Fsp3) is 0.133. The molecule has 0 N–H and O–H groups in total. The molecule has 0 saturated heterocycles. The number of thioether (sulfide) groups is 1. The van der Waals surface area contributed by atoms with Gasteiger partial charge in [0, 0.05) is 17.2 Å². The summed E-state index contributed by atoms with van der Waals surface area (Å²) in [4.78, 5) is 5.72. The third-order valence-electron chi connectivity index (χ3n) is 2.87. The highest BCUT2D eigenvalue weighted by Gasteiger charge is 2.01. The van der Waals surface area contributed by atoms with Crippen molar-refractivity contribution < 1.29 is 0 Å². The number of rotatable bonds is 4. The van der Waals surface area contributed by atoms with Gasteiger partial charge >= 0.3 is 0 Å². The molecule has 0 unspecified atom stereocenters. The lowest BCUT2D eigenvalue weighted by atomic mass is 10.3. The zero-order valence-electron chi connectivity index (χ0n) is 9.99. The van der Waals surface area contributed by atoms with Gasteiger partial charge < -0.3 is 4.57 Å². The number of para-hydroxylation sites is 2. The van der Waals surface area contributed by atoms with Crippen LogP contribution in [-0.4, -0.2) is 15.3 Å². The number of aryl methyl sites for hydroxylation is 1. The fourth-order valence-corrected chi connectivity index (χ4v) is 2.84. The summed E-state index contributed by atoms with van der Waals surface area (Å²) in [5.41, 5.74) is 2.29. The molecule has 0 amide bonds. The fourth-order valence-electron chi connectivity index (χ4n) is 1.97. The van der Waals surface area contributed by atoms with E-state index < -0.39 is 0 Å². The number of benzene rings is 2. The Kier molecular flexibility index (Phi) is 3.33. The topological polar surface area (TPSA) is 17.8 Å². The lowest BCUT2D eigenvalue weighted by Gasteiger charge is -2.04. The van der Waals surface area contributed by atoms with E-state index in [-0.39, 0.29) is 0 Å². The van der Waals surface area contributed by atoms with Crippen molar-refractivity contribution in [2.24, 2.45) is 0 Å². The molecule has 0 saturated carbocycles. The second kappa shape index (κ2) is 5.27. The van der Waals surface area contributed by atoms with E-state index in [0.717, 1.165) is 17.8 Å². The summed E-state index contributed by atoms with van der Waals surface area (Å²) >= 11 is 1.88. The summed E-state index contributed by atoms with van der Waals surface area (Å²) in [7, 11) is 0. The maximum absolute atomic E-state index is 4.40. The first-order valence-electron chi connectivity index (χ1n) is 6.01. The Morgan fingerprint density at radius 3 is 2.61 bits per heavy atom. The second-order valence-electron chi connectivity index (χ2n) is 4.09. The van der Waals surface area contributed by atoms with Crippen molar-refractivity contribution in [3.05, 3.63) is 60.9 Å². The van der Waals surface area contributed by atoms with Crippen LogP contribution >= 0.6 is 11.8 Å². The molecule has 1 heterocycles. The number of fused-ring (bicyclic) bond motifs is 1. The molecule has 3 aromatic rings. The summed E-state index contributed by atoms with van der Waals surface area (Å²) in [6, 6.07) is 18.8. The lowest BCUT2D eigenvalue weighted by Crippen LogP contribution is -1.98. The van der Waals surface area contributed by atoms with E-state index >= 15 is 0 Å². The second-order valence-corrected chi connectivity index (χ2v) is 5.26. The molecule has 0 aliphatic carbocycles. The van der Waals surface area contributed by atoms with Gasteiger partial charge in [0.2, 0.25) is 0 Å². The zero-order valence-corrected chi connectivity index (χ0v) is 10.8. The number of hydrogen-bond donors (Lipinski definition) is 0. The van der Waals surface area contributed by atoms with Gasteiger partial charge in [0.1, 0.15) is 0 Å². The predicted molar refractivity (Wildman–Crippen MR) is 76.9 cm³/mol. The summed E-state index contributed by atoms with van der Waals surface area (Å²) in [5, 5.41) is 0. The van der Waals surface area contributed by atoms with Crippen LogP contribution in [0.15, 0.2) is 65.8 Å². The maximum atomic E-state index is 4.40. The summed E-state index contributed by atoms with van der Waals surface area (Å²) in [6.07, 6.45) is 1.93. The van der Waals surface area contributed by atoms with E-state index in [1.54, 1.807) is 0 Å². The minimum Gasteiger partial charge on any atom is -0.330 e. The maximum Gasteiger partial charge on any atom is 0.0958 e. The van der Waals surface area contributed by atoms with Crippen molar-refractivity contribution in [3.8, 4) is 0 Å². The van der Waals surface area contributed by atoms with Gasteiger partial charge in [-0.3, -0.25) is 0 Å². The van der Waals surface area contributed by atoms with Crippen LogP contribution in [0.4, 0.5) is 0 Å². The van der Waals surface area contributed by atoms with Crippen LogP contribution in [0.5, 0.6) is 0 Å². The molecule has 0 fully saturated rings. The van der Waals surface area contributed by atoms with Crippen LogP contribution in [0, 0.1) is 0 Å². The molecule has 0 bridgehead atoms. The molecule has 18 heavy (non-hydrogen) atoms. The number of nitrogens with zero attached hydrogens (tertiary/aromatic N) is 2. The summed E-state index contributed by atoms with van der Waals surface area (Å²) < 4.78 is 2.21. The normalized spacial score (nSPS) is 10.9. The molecule has 0 spiro atoms. The number of aromatic nitrogens is 2. The summed E-state index contributed by atoms with van der Waals surface area (Å²) in [5.74, 6) is 1.06. The molecule has 3 heteroatoms. The Balaban J connectivity index is 1.67. The Labute approximate surface area is 111 Å². The Morgan fingerprint density at radius 1 is 0.944 bits per heavy atom. The highest BCUT2D eigenvalue weighted by molar-refractivity contribution is 7.99. The molecule has 0 radical (unpaired) electrons. The van der Waals surface area contributed by atoms with E-state index in [4.69, 9.17) is 0 Å².